The summed E-state index contributed by atoms with van der Waals surface area (Å²) < 4.78 is 0. The summed E-state index contributed by atoms with van der Waals surface area (Å²) in [6.07, 6.45) is 4.67. The summed E-state index contributed by atoms with van der Waals surface area (Å²) in [6, 6.07) is 15.3. The Hall–Kier alpha value is -7.37. The molecule has 4 heterocycles. The van der Waals surface area contributed by atoms with Crippen LogP contribution < -0.4 is 38.1 Å². The van der Waals surface area contributed by atoms with Gasteiger partial charge in [-0.05, 0) is 66.6 Å². The van der Waals surface area contributed by atoms with Gasteiger partial charge in [0.15, 0.2) is 5.96 Å². The molecule has 7 rings (SSSR count). The molecule has 18 nitrogen and oxygen atoms in total. The largest absolute Gasteiger partial charge is 0.508 e. The molecular weight excluding hydrogens is 795 g/mol. The molecule has 0 aliphatic carbocycles. The van der Waals surface area contributed by atoms with E-state index in [1.807, 2.05) is 48.5 Å². The van der Waals surface area contributed by atoms with E-state index >= 15 is 0 Å². The number of nitrogens with zero attached hydrogens (tertiary/aromatic N) is 2. The average Bonchev–Trinajstić information content (AvgIpc) is 4.02. The Morgan fingerprint density at radius 2 is 1.26 bits per heavy atom. The summed E-state index contributed by atoms with van der Waals surface area (Å²) in [6.45, 7) is -0.198. The van der Waals surface area contributed by atoms with Gasteiger partial charge in [0.1, 0.15) is 36.0 Å². The van der Waals surface area contributed by atoms with Gasteiger partial charge in [-0.1, -0.05) is 48.5 Å². The number of phenols is 1. The van der Waals surface area contributed by atoms with Crippen molar-refractivity contribution >= 4 is 63.2 Å². The molecule has 0 spiro atoms. The first-order valence-electron chi connectivity index (χ1n) is 20.7. The lowest BCUT2D eigenvalue weighted by Crippen LogP contribution is -2.60. The third kappa shape index (κ3) is 10.3. The number of aromatic amines is 2. The molecule has 18 heteroatoms. The van der Waals surface area contributed by atoms with Gasteiger partial charge in [-0.2, -0.15) is 0 Å². The average molecular weight is 846 g/mol. The maximum Gasteiger partial charge on any atom is 0.246 e. The van der Waals surface area contributed by atoms with Crippen LogP contribution in [0, 0.1) is 0 Å². The highest BCUT2D eigenvalue weighted by atomic mass is 16.3. The second-order valence-corrected chi connectivity index (χ2v) is 15.7. The van der Waals surface area contributed by atoms with Gasteiger partial charge in [0.05, 0.1) is 6.54 Å². The Labute approximate surface area is 356 Å². The fraction of sp³-hybridized carbons (Fsp3) is 0.341. The molecule has 5 aromatic rings. The van der Waals surface area contributed by atoms with E-state index in [2.05, 4.69) is 41.5 Å². The maximum atomic E-state index is 14.7. The van der Waals surface area contributed by atoms with E-state index in [0.29, 0.717) is 24.0 Å². The third-order valence-corrected chi connectivity index (χ3v) is 11.3. The van der Waals surface area contributed by atoms with Gasteiger partial charge >= 0.3 is 0 Å². The minimum atomic E-state index is -1.24. The summed E-state index contributed by atoms with van der Waals surface area (Å²) in [5.74, 6) is -3.96. The molecule has 2 aliphatic heterocycles. The van der Waals surface area contributed by atoms with Gasteiger partial charge in [0.2, 0.25) is 35.4 Å². The van der Waals surface area contributed by atoms with Crippen molar-refractivity contribution in [2.24, 2.45) is 16.5 Å². The smallest absolute Gasteiger partial charge is 0.246 e. The van der Waals surface area contributed by atoms with Crippen molar-refractivity contribution in [2.45, 2.75) is 75.2 Å². The van der Waals surface area contributed by atoms with E-state index in [-0.39, 0.29) is 56.9 Å². The lowest BCUT2D eigenvalue weighted by atomic mass is 10.0. The van der Waals surface area contributed by atoms with Crippen molar-refractivity contribution < 1.29 is 33.9 Å². The van der Waals surface area contributed by atoms with Crippen molar-refractivity contribution in [1.29, 1.82) is 0 Å². The number of nitrogens with one attached hydrogen (secondary N) is 7. The summed E-state index contributed by atoms with van der Waals surface area (Å²) >= 11 is 0. The molecule has 6 amide bonds. The number of para-hydroxylation sites is 2. The number of aromatic nitrogens is 2. The van der Waals surface area contributed by atoms with Gasteiger partial charge in [0.25, 0.3) is 0 Å². The Balaban J connectivity index is 1.23. The number of amides is 6. The van der Waals surface area contributed by atoms with Crippen LogP contribution in [0.25, 0.3) is 21.8 Å². The molecule has 62 heavy (non-hydrogen) atoms. The molecule has 2 aromatic heterocycles. The molecule has 0 radical (unpaired) electrons. The number of carbonyl (C=O) groups excluding carboxylic acids is 6. The Morgan fingerprint density at radius 1 is 0.677 bits per heavy atom. The van der Waals surface area contributed by atoms with Crippen molar-refractivity contribution in [3.63, 3.8) is 0 Å². The monoisotopic (exact) mass is 845 g/mol. The number of hydrogen-bond donors (Lipinski definition) is 10. The maximum absolute atomic E-state index is 14.7. The first kappa shape index (κ1) is 42.7. The predicted molar refractivity (Wildman–Crippen MR) is 231 cm³/mol. The van der Waals surface area contributed by atoms with Crippen LogP contribution in [0.3, 0.4) is 0 Å². The summed E-state index contributed by atoms with van der Waals surface area (Å²) in [7, 11) is 0. The second-order valence-electron chi connectivity index (χ2n) is 15.7. The standard InChI is InChI=1S/C44H51N11O7/c45-44(46)47-17-5-11-33-40(59)53-35(20-26-22-48-31-9-3-1-7-29(26)31)39(58)50-24-38(57)51-34(19-25-13-15-28(56)16-14-25)41(60)54-36(21-27-23-49-32-10-4-2-8-30(27)32)43(62)55-18-6-12-37(55)42(61)52-33/h1-4,7-10,13-16,22-23,33-37,48-49,56H,5-6,11-12,17-21,24H2,(H,50,58)(H,51,57)(H,52,61)(H,53,59)(H,54,60)(H4,45,46,47). The molecule has 5 atom stereocenters. The van der Waals surface area contributed by atoms with Crippen LogP contribution in [0.2, 0.25) is 0 Å². The van der Waals surface area contributed by atoms with Crippen LogP contribution in [0.1, 0.15) is 42.4 Å². The number of H-pyrrole nitrogens is 2. The van der Waals surface area contributed by atoms with Gasteiger partial charge in [-0.25, -0.2) is 0 Å². The van der Waals surface area contributed by atoms with Crippen LogP contribution in [0.4, 0.5) is 0 Å². The van der Waals surface area contributed by atoms with Crippen molar-refractivity contribution in [1.82, 2.24) is 41.5 Å². The highest BCUT2D eigenvalue weighted by molar-refractivity contribution is 5.98. The topological polar surface area (TPSA) is 282 Å². The number of nitrogens with two attached hydrogens (primary N) is 2. The number of benzene rings is 3. The second kappa shape index (κ2) is 19.3. The molecule has 2 saturated heterocycles. The van der Waals surface area contributed by atoms with E-state index in [4.69, 9.17) is 11.5 Å². The van der Waals surface area contributed by atoms with Crippen molar-refractivity contribution in [2.75, 3.05) is 19.6 Å². The highest BCUT2D eigenvalue weighted by Crippen LogP contribution is 2.24. The van der Waals surface area contributed by atoms with E-state index < -0.39 is 72.2 Å². The van der Waals surface area contributed by atoms with Crippen LogP contribution in [0.15, 0.2) is 90.2 Å². The Morgan fingerprint density at radius 3 is 1.92 bits per heavy atom. The molecule has 2 aliphatic rings. The number of aliphatic imine (C=N–C) groups is 1. The van der Waals surface area contributed by atoms with Crippen LogP contribution in [-0.2, 0) is 48.0 Å². The van der Waals surface area contributed by atoms with Gasteiger partial charge in [-0.15, -0.1) is 0 Å². The minimum Gasteiger partial charge on any atom is -0.508 e. The molecule has 0 saturated carbocycles. The number of hydrogen-bond acceptors (Lipinski definition) is 8. The molecule has 12 N–H and O–H groups in total. The molecule has 2 fully saturated rings. The summed E-state index contributed by atoms with van der Waals surface area (Å²) in [4.78, 5) is 97.1. The van der Waals surface area contributed by atoms with E-state index in [1.54, 1.807) is 24.5 Å². The van der Waals surface area contributed by atoms with Gasteiger partial charge in [-0.3, -0.25) is 33.8 Å². The van der Waals surface area contributed by atoms with Crippen LogP contribution in [0.5, 0.6) is 5.75 Å². The zero-order chi connectivity index (χ0) is 43.8. The number of guanidine groups is 1. The third-order valence-electron chi connectivity index (χ3n) is 11.3. The summed E-state index contributed by atoms with van der Waals surface area (Å²) in [5, 5.41) is 25.5. The normalized spacial score (nSPS) is 21.9. The van der Waals surface area contributed by atoms with Crippen molar-refractivity contribution in [3.8, 4) is 5.75 Å². The molecule has 324 valence electrons. The fourth-order valence-electron chi connectivity index (χ4n) is 8.15. The van der Waals surface area contributed by atoms with Crippen LogP contribution in [-0.4, -0.2) is 111 Å². The lowest BCUT2D eigenvalue weighted by molar-refractivity contribution is -0.142. The van der Waals surface area contributed by atoms with E-state index in [9.17, 15) is 33.9 Å². The number of fused-ring (bicyclic) bond motifs is 3. The predicted octanol–water partition coefficient (Wildman–Crippen LogP) is 0.496. The Bertz CT molecular complexity index is 2480. The molecule has 3 aromatic carbocycles. The summed E-state index contributed by atoms with van der Waals surface area (Å²) in [5.41, 5.74) is 14.8. The minimum absolute atomic E-state index is 0.00907. The van der Waals surface area contributed by atoms with Gasteiger partial charge in [0, 0.05) is 66.6 Å². The first-order valence-corrected chi connectivity index (χ1v) is 20.7. The molecule has 5 unspecified atom stereocenters. The lowest BCUT2D eigenvalue weighted by Gasteiger charge is -2.31. The quantitative estimate of drug-likeness (QED) is 0.0532. The number of phenolic OH excluding ortho intramolecular Hbond substituents is 1. The van der Waals surface area contributed by atoms with E-state index in [1.165, 1.54) is 17.0 Å². The highest BCUT2D eigenvalue weighted by Gasteiger charge is 2.40. The Kier molecular flexibility index (Phi) is 13.3. The number of rotatable bonds is 10. The van der Waals surface area contributed by atoms with Gasteiger partial charge < -0.3 is 58.0 Å². The van der Waals surface area contributed by atoms with Crippen LogP contribution >= 0.6 is 0 Å². The SMILES string of the molecule is NC(N)=NCCCC1NC(=O)C2CCCN2C(=O)C(Cc2c[nH]c3ccccc23)NC(=O)C(Cc2ccc(O)cc2)NC(=O)CNC(=O)C(Cc2c[nH]c3ccccc23)NC1=O. The first-order chi connectivity index (χ1) is 29.9. The van der Waals surface area contributed by atoms with Crippen molar-refractivity contribution in [3.05, 3.63) is 102 Å². The van der Waals surface area contributed by atoms with E-state index in [0.717, 1.165) is 27.4 Å². The molecule has 0 bridgehead atoms. The molecular formula is C44H51N11O7. The number of aromatic hydroxyl groups is 1. The number of carbonyl (C=O) groups is 6. The zero-order valence-electron chi connectivity index (χ0n) is 34.0. The fourth-order valence-corrected chi connectivity index (χ4v) is 8.15. The zero-order valence-corrected chi connectivity index (χ0v) is 34.0.